The van der Waals surface area contributed by atoms with Crippen molar-refractivity contribution in [1.82, 2.24) is 4.57 Å². The van der Waals surface area contributed by atoms with Gasteiger partial charge in [-0.1, -0.05) is 30.3 Å². The molecule has 3 aromatic rings. The van der Waals surface area contributed by atoms with E-state index in [1.54, 1.807) is 12.1 Å². The van der Waals surface area contributed by atoms with E-state index in [0.717, 1.165) is 22.5 Å². The number of nitrogens with zero attached hydrogens (tertiary/aromatic N) is 2. The van der Waals surface area contributed by atoms with E-state index in [2.05, 4.69) is 6.07 Å². The van der Waals surface area contributed by atoms with Crippen LogP contribution in [0.1, 0.15) is 21.6 Å². The Kier molecular flexibility index (Phi) is 4.17. The Bertz CT molecular complexity index is 917. The molecule has 0 bridgehead atoms. The molecule has 0 atom stereocenters. The van der Waals surface area contributed by atoms with Gasteiger partial charge in [-0.2, -0.15) is 5.26 Å². The summed E-state index contributed by atoms with van der Waals surface area (Å²) in [6, 6.07) is 19.2. The van der Waals surface area contributed by atoms with Crippen LogP contribution in [0.4, 0.5) is 0 Å². The molecule has 1 heterocycles. The van der Waals surface area contributed by atoms with Crippen LogP contribution >= 0.6 is 0 Å². The van der Waals surface area contributed by atoms with Gasteiger partial charge in [-0.05, 0) is 36.8 Å². The zero-order valence-corrected chi connectivity index (χ0v) is 13.5. The number of aromatic nitrogens is 1. The zero-order chi connectivity index (χ0) is 17.1. The van der Waals surface area contributed by atoms with Gasteiger partial charge in [0.2, 0.25) is 0 Å². The molecule has 4 heteroatoms. The molecule has 0 unspecified atom stereocenters. The fourth-order valence-electron chi connectivity index (χ4n) is 2.80. The minimum Gasteiger partial charge on any atom is -0.465 e. The van der Waals surface area contributed by atoms with Crippen LogP contribution in [0.5, 0.6) is 0 Å². The lowest BCUT2D eigenvalue weighted by atomic mass is 10.0. The molecule has 0 saturated carbocycles. The van der Waals surface area contributed by atoms with Gasteiger partial charge in [-0.25, -0.2) is 4.79 Å². The molecule has 0 N–H and O–H groups in total. The van der Waals surface area contributed by atoms with Gasteiger partial charge in [0.25, 0.3) is 0 Å². The Balaban J connectivity index is 2.09. The molecule has 24 heavy (non-hydrogen) atoms. The molecule has 0 fully saturated rings. The quantitative estimate of drug-likeness (QED) is 0.683. The molecule has 0 amide bonds. The molecule has 0 spiro atoms. The molecular weight excluding hydrogens is 300 g/mol. The zero-order valence-electron chi connectivity index (χ0n) is 13.5. The highest BCUT2D eigenvalue weighted by atomic mass is 16.5. The maximum atomic E-state index is 11.5. The van der Waals surface area contributed by atoms with Gasteiger partial charge in [-0.3, -0.25) is 0 Å². The average Bonchev–Trinajstić information content (AvgIpc) is 2.98. The molecule has 0 aliphatic heterocycles. The average molecular weight is 316 g/mol. The Morgan fingerprint density at radius 1 is 1.08 bits per heavy atom. The van der Waals surface area contributed by atoms with Crippen molar-refractivity contribution >= 4 is 5.97 Å². The predicted molar refractivity (Wildman–Crippen MR) is 92.0 cm³/mol. The van der Waals surface area contributed by atoms with Crippen molar-refractivity contribution in [2.45, 2.75) is 6.92 Å². The Hall–Kier alpha value is -3.32. The molecule has 1 aromatic heterocycles. The lowest BCUT2D eigenvalue weighted by Gasteiger charge is -2.08. The minimum absolute atomic E-state index is 0.367. The van der Waals surface area contributed by atoms with Crippen molar-refractivity contribution < 1.29 is 9.53 Å². The molecule has 4 nitrogen and oxygen atoms in total. The van der Waals surface area contributed by atoms with Crippen LogP contribution in [0.2, 0.25) is 0 Å². The third-order valence-electron chi connectivity index (χ3n) is 4.00. The molecule has 0 radical (unpaired) electrons. The van der Waals surface area contributed by atoms with E-state index in [4.69, 9.17) is 4.74 Å². The van der Waals surface area contributed by atoms with Crippen LogP contribution in [0.15, 0.2) is 60.8 Å². The van der Waals surface area contributed by atoms with Gasteiger partial charge < -0.3 is 9.30 Å². The summed E-state index contributed by atoms with van der Waals surface area (Å²) in [5.41, 5.74) is 4.92. The fourth-order valence-corrected chi connectivity index (χ4v) is 2.80. The van der Waals surface area contributed by atoms with Crippen molar-refractivity contribution in [3.05, 3.63) is 77.6 Å². The Labute approximate surface area is 140 Å². The maximum absolute atomic E-state index is 11.5. The molecular formula is C20H16N2O2. The summed E-state index contributed by atoms with van der Waals surface area (Å²) in [6.07, 6.45) is 1.82. The molecule has 0 aliphatic carbocycles. The van der Waals surface area contributed by atoms with E-state index in [1.165, 1.54) is 7.11 Å². The van der Waals surface area contributed by atoms with E-state index in [0.29, 0.717) is 11.1 Å². The number of carbonyl (C=O) groups is 1. The highest BCUT2D eigenvalue weighted by Crippen LogP contribution is 2.30. The van der Waals surface area contributed by atoms with Crippen molar-refractivity contribution in [3.8, 4) is 22.9 Å². The van der Waals surface area contributed by atoms with Gasteiger partial charge in [0.1, 0.15) is 6.07 Å². The molecule has 3 rings (SSSR count). The first-order valence-corrected chi connectivity index (χ1v) is 7.52. The van der Waals surface area contributed by atoms with Crippen LogP contribution in [0, 0.1) is 18.3 Å². The third-order valence-corrected chi connectivity index (χ3v) is 4.00. The number of esters is 1. The van der Waals surface area contributed by atoms with Gasteiger partial charge in [0.15, 0.2) is 0 Å². The van der Waals surface area contributed by atoms with Gasteiger partial charge in [0, 0.05) is 23.1 Å². The van der Waals surface area contributed by atoms with Crippen molar-refractivity contribution in [2.24, 2.45) is 0 Å². The lowest BCUT2D eigenvalue weighted by Crippen LogP contribution is -2.02. The van der Waals surface area contributed by atoms with E-state index in [1.807, 2.05) is 60.2 Å². The molecule has 0 aliphatic rings. The normalized spacial score (nSPS) is 10.2. The van der Waals surface area contributed by atoms with Gasteiger partial charge in [0.05, 0.1) is 18.2 Å². The van der Waals surface area contributed by atoms with Crippen molar-refractivity contribution in [2.75, 3.05) is 7.11 Å². The summed E-state index contributed by atoms with van der Waals surface area (Å²) >= 11 is 0. The second-order valence-corrected chi connectivity index (χ2v) is 5.39. The Morgan fingerprint density at radius 2 is 1.75 bits per heavy atom. The van der Waals surface area contributed by atoms with Crippen molar-refractivity contribution in [1.29, 1.82) is 5.26 Å². The Morgan fingerprint density at radius 3 is 2.33 bits per heavy atom. The maximum Gasteiger partial charge on any atom is 0.337 e. The topological polar surface area (TPSA) is 55.0 Å². The summed E-state index contributed by atoms with van der Waals surface area (Å²) in [6.45, 7) is 1.98. The number of carbonyl (C=O) groups excluding carboxylic acids is 1. The van der Waals surface area contributed by atoms with E-state index in [9.17, 15) is 10.1 Å². The molecule has 0 saturated heterocycles. The monoisotopic (exact) mass is 316 g/mol. The largest absolute Gasteiger partial charge is 0.465 e. The van der Waals surface area contributed by atoms with Gasteiger partial charge in [-0.15, -0.1) is 0 Å². The van der Waals surface area contributed by atoms with E-state index < -0.39 is 0 Å². The summed E-state index contributed by atoms with van der Waals surface area (Å²) in [7, 11) is 1.36. The predicted octanol–water partition coefficient (Wildman–Crippen LogP) is 4.11. The number of rotatable bonds is 3. The molecule has 118 valence electrons. The highest BCUT2D eigenvalue weighted by molar-refractivity contribution is 5.89. The number of hydrogen-bond acceptors (Lipinski definition) is 3. The number of benzene rings is 2. The SMILES string of the molecule is COC(=O)c1ccc(-n2cc(C#N)c(-c3ccccc3)c2C)cc1. The van der Waals surface area contributed by atoms with Gasteiger partial charge >= 0.3 is 5.97 Å². The van der Waals surface area contributed by atoms with Crippen LogP contribution in [-0.4, -0.2) is 17.6 Å². The number of ether oxygens (including phenoxy) is 1. The van der Waals surface area contributed by atoms with Crippen LogP contribution in [0.3, 0.4) is 0 Å². The summed E-state index contributed by atoms with van der Waals surface area (Å²) in [4.78, 5) is 11.5. The number of hydrogen-bond donors (Lipinski definition) is 0. The minimum atomic E-state index is -0.367. The van der Waals surface area contributed by atoms with E-state index >= 15 is 0 Å². The van der Waals surface area contributed by atoms with Crippen LogP contribution in [-0.2, 0) is 4.74 Å². The standard InChI is InChI=1S/C20H16N2O2/c1-14-19(15-6-4-3-5-7-15)17(12-21)13-22(14)18-10-8-16(9-11-18)20(23)24-2/h3-11,13H,1-2H3. The van der Waals surface area contributed by atoms with Crippen molar-refractivity contribution in [3.63, 3.8) is 0 Å². The van der Waals surface area contributed by atoms with Crippen LogP contribution in [0.25, 0.3) is 16.8 Å². The second kappa shape index (κ2) is 6.43. The number of methoxy groups -OCH3 is 1. The molecule has 2 aromatic carbocycles. The summed E-state index contributed by atoms with van der Waals surface area (Å²) in [5.74, 6) is -0.367. The fraction of sp³-hybridized carbons (Fsp3) is 0.100. The first-order chi connectivity index (χ1) is 11.7. The highest BCUT2D eigenvalue weighted by Gasteiger charge is 2.15. The number of nitriles is 1. The second-order valence-electron chi connectivity index (χ2n) is 5.39. The smallest absolute Gasteiger partial charge is 0.337 e. The summed E-state index contributed by atoms with van der Waals surface area (Å²) < 4.78 is 6.68. The summed E-state index contributed by atoms with van der Waals surface area (Å²) in [5, 5.41) is 9.49. The van der Waals surface area contributed by atoms with E-state index in [-0.39, 0.29) is 5.97 Å². The first-order valence-electron chi connectivity index (χ1n) is 7.52. The lowest BCUT2D eigenvalue weighted by molar-refractivity contribution is 0.0601. The van der Waals surface area contributed by atoms with Crippen LogP contribution < -0.4 is 0 Å². The third kappa shape index (κ3) is 2.68. The first kappa shape index (κ1) is 15.6.